The number of hydrogen-bond acceptors (Lipinski definition) is 4. The van der Waals surface area contributed by atoms with E-state index in [-0.39, 0.29) is 23.3 Å². The molecule has 6 nitrogen and oxygen atoms in total. The molecule has 138 valence electrons. The normalized spacial score (nSPS) is 23.9. The van der Waals surface area contributed by atoms with E-state index in [1.165, 1.54) is 6.42 Å². The average molecular weight is 340 g/mol. The summed E-state index contributed by atoms with van der Waals surface area (Å²) in [6.07, 6.45) is 2.95. The zero-order valence-corrected chi connectivity index (χ0v) is 15.5. The zero-order valence-electron chi connectivity index (χ0n) is 15.5. The molecule has 0 radical (unpaired) electrons. The van der Waals surface area contributed by atoms with E-state index >= 15 is 0 Å². The maximum absolute atomic E-state index is 12.5. The van der Waals surface area contributed by atoms with Gasteiger partial charge in [0.25, 0.3) is 5.91 Å². The van der Waals surface area contributed by atoms with Gasteiger partial charge in [0.1, 0.15) is 6.10 Å². The number of amides is 2. The predicted molar refractivity (Wildman–Crippen MR) is 91.6 cm³/mol. The molecule has 0 saturated carbocycles. The highest BCUT2D eigenvalue weighted by Crippen LogP contribution is 2.19. The van der Waals surface area contributed by atoms with Gasteiger partial charge in [-0.2, -0.15) is 0 Å². The summed E-state index contributed by atoms with van der Waals surface area (Å²) in [4.78, 5) is 28.4. The van der Waals surface area contributed by atoms with Gasteiger partial charge in [0.05, 0.1) is 12.7 Å². The van der Waals surface area contributed by atoms with Crippen LogP contribution in [0.2, 0.25) is 0 Å². The maximum atomic E-state index is 12.5. The van der Waals surface area contributed by atoms with Gasteiger partial charge in [-0.15, -0.1) is 0 Å². The number of carbonyl (C=O) groups is 2. The molecule has 2 atom stereocenters. The fourth-order valence-electron chi connectivity index (χ4n) is 3.12. The Kier molecular flexibility index (Phi) is 6.63. The van der Waals surface area contributed by atoms with Crippen LogP contribution in [0.5, 0.6) is 0 Å². The van der Waals surface area contributed by atoms with Gasteiger partial charge >= 0.3 is 0 Å². The Bertz CT molecular complexity index is 433. The standard InChI is InChI=1S/C18H32N2O4/c1-14(24-13-15-7-5-6-12-23-15)16(21)19-8-10-20(11-9-19)17(22)18(2,3)4/h14-15H,5-13H2,1-4H3. The summed E-state index contributed by atoms with van der Waals surface area (Å²) in [6.45, 7) is 11.2. The first kappa shape index (κ1) is 19.2. The Morgan fingerprint density at radius 1 is 1.12 bits per heavy atom. The molecule has 2 aliphatic heterocycles. The van der Waals surface area contributed by atoms with E-state index in [0.717, 1.165) is 19.4 Å². The van der Waals surface area contributed by atoms with E-state index < -0.39 is 6.10 Å². The van der Waals surface area contributed by atoms with Crippen molar-refractivity contribution in [3.8, 4) is 0 Å². The first-order valence-corrected chi connectivity index (χ1v) is 9.10. The molecule has 0 aromatic carbocycles. The number of piperazine rings is 1. The van der Waals surface area contributed by atoms with Crippen LogP contribution in [0.4, 0.5) is 0 Å². The summed E-state index contributed by atoms with van der Waals surface area (Å²) in [7, 11) is 0. The van der Waals surface area contributed by atoms with Crippen LogP contribution in [0.15, 0.2) is 0 Å². The van der Waals surface area contributed by atoms with Crippen LogP contribution in [0.25, 0.3) is 0 Å². The summed E-state index contributed by atoms with van der Waals surface area (Å²) >= 11 is 0. The van der Waals surface area contributed by atoms with Gasteiger partial charge in [-0.05, 0) is 26.2 Å². The number of carbonyl (C=O) groups excluding carboxylic acids is 2. The van der Waals surface area contributed by atoms with Crippen molar-refractivity contribution in [3.63, 3.8) is 0 Å². The molecular formula is C18H32N2O4. The monoisotopic (exact) mass is 340 g/mol. The highest BCUT2D eigenvalue weighted by atomic mass is 16.5. The molecule has 0 aromatic heterocycles. The molecule has 2 unspecified atom stereocenters. The molecule has 0 spiro atoms. The lowest BCUT2D eigenvalue weighted by molar-refractivity contribution is -0.152. The summed E-state index contributed by atoms with van der Waals surface area (Å²) in [5, 5.41) is 0. The van der Waals surface area contributed by atoms with E-state index in [4.69, 9.17) is 9.47 Å². The lowest BCUT2D eigenvalue weighted by Crippen LogP contribution is -2.54. The fourth-order valence-corrected chi connectivity index (χ4v) is 3.12. The van der Waals surface area contributed by atoms with Crippen LogP contribution in [0.1, 0.15) is 47.0 Å². The third kappa shape index (κ3) is 5.18. The summed E-state index contributed by atoms with van der Waals surface area (Å²) in [5.74, 6) is 0.155. The summed E-state index contributed by atoms with van der Waals surface area (Å²) < 4.78 is 11.4. The second-order valence-electron chi connectivity index (χ2n) is 7.83. The molecule has 24 heavy (non-hydrogen) atoms. The van der Waals surface area contributed by atoms with E-state index in [9.17, 15) is 9.59 Å². The van der Waals surface area contributed by atoms with Gasteiger partial charge in [-0.3, -0.25) is 9.59 Å². The molecule has 0 aliphatic carbocycles. The van der Waals surface area contributed by atoms with Crippen molar-refractivity contribution in [1.29, 1.82) is 0 Å². The molecule has 6 heteroatoms. The number of ether oxygens (including phenoxy) is 2. The van der Waals surface area contributed by atoms with Crippen molar-refractivity contribution < 1.29 is 19.1 Å². The Hall–Kier alpha value is -1.14. The molecule has 0 bridgehead atoms. The summed E-state index contributed by atoms with van der Waals surface area (Å²) in [6, 6.07) is 0. The van der Waals surface area contributed by atoms with Crippen molar-refractivity contribution in [2.24, 2.45) is 5.41 Å². The molecule has 2 amide bonds. The first-order chi connectivity index (χ1) is 11.3. The Morgan fingerprint density at radius 2 is 1.75 bits per heavy atom. The third-order valence-electron chi connectivity index (χ3n) is 4.67. The molecule has 2 saturated heterocycles. The van der Waals surface area contributed by atoms with Crippen molar-refractivity contribution >= 4 is 11.8 Å². The maximum Gasteiger partial charge on any atom is 0.251 e. The third-order valence-corrected chi connectivity index (χ3v) is 4.67. The topological polar surface area (TPSA) is 59.1 Å². The zero-order chi connectivity index (χ0) is 17.7. The highest BCUT2D eigenvalue weighted by Gasteiger charge is 2.32. The Morgan fingerprint density at radius 3 is 2.29 bits per heavy atom. The molecule has 0 N–H and O–H groups in total. The van der Waals surface area contributed by atoms with Crippen LogP contribution in [0.3, 0.4) is 0 Å². The van der Waals surface area contributed by atoms with Crippen molar-refractivity contribution in [1.82, 2.24) is 9.80 Å². The number of rotatable bonds is 4. The highest BCUT2D eigenvalue weighted by molar-refractivity contribution is 5.83. The molecule has 2 heterocycles. The minimum Gasteiger partial charge on any atom is -0.376 e. The van der Waals surface area contributed by atoms with E-state index in [2.05, 4.69) is 0 Å². The van der Waals surface area contributed by atoms with Crippen LogP contribution >= 0.6 is 0 Å². The fraction of sp³-hybridized carbons (Fsp3) is 0.889. The van der Waals surface area contributed by atoms with E-state index in [1.54, 1.807) is 11.8 Å². The van der Waals surface area contributed by atoms with Gasteiger partial charge in [0, 0.05) is 38.2 Å². The SMILES string of the molecule is CC(OCC1CCCCO1)C(=O)N1CCN(C(=O)C(C)(C)C)CC1. The number of hydrogen-bond donors (Lipinski definition) is 0. The molecule has 0 aromatic rings. The van der Waals surface area contributed by atoms with Crippen molar-refractivity contribution in [2.75, 3.05) is 39.4 Å². The predicted octanol–water partition coefficient (Wildman–Crippen LogP) is 1.68. The minimum atomic E-state index is -0.458. The second-order valence-corrected chi connectivity index (χ2v) is 7.83. The van der Waals surface area contributed by atoms with Crippen molar-refractivity contribution in [3.05, 3.63) is 0 Å². The number of nitrogens with zero attached hydrogens (tertiary/aromatic N) is 2. The lowest BCUT2D eigenvalue weighted by Gasteiger charge is -2.38. The van der Waals surface area contributed by atoms with Crippen LogP contribution in [0, 0.1) is 5.41 Å². The quantitative estimate of drug-likeness (QED) is 0.781. The van der Waals surface area contributed by atoms with Gasteiger partial charge in [-0.1, -0.05) is 20.8 Å². The van der Waals surface area contributed by atoms with Crippen molar-refractivity contribution in [2.45, 2.75) is 59.2 Å². The van der Waals surface area contributed by atoms with Crippen LogP contribution < -0.4 is 0 Å². The van der Waals surface area contributed by atoms with Crippen LogP contribution in [-0.4, -0.2) is 73.2 Å². The van der Waals surface area contributed by atoms with Gasteiger partial charge in [0.2, 0.25) is 5.91 Å². The van der Waals surface area contributed by atoms with E-state index in [0.29, 0.717) is 32.8 Å². The Balaban J connectivity index is 1.74. The smallest absolute Gasteiger partial charge is 0.251 e. The second kappa shape index (κ2) is 8.30. The van der Waals surface area contributed by atoms with Crippen LogP contribution in [-0.2, 0) is 19.1 Å². The molecule has 2 fully saturated rings. The average Bonchev–Trinajstić information content (AvgIpc) is 2.58. The molecule has 2 aliphatic rings. The molecular weight excluding hydrogens is 308 g/mol. The van der Waals surface area contributed by atoms with Gasteiger partial charge in [-0.25, -0.2) is 0 Å². The summed E-state index contributed by atoms with van der Waals surface area (Å²) in [5.41, 5.74) is -0.372. The van der Waals surface area contributed by atoms with E-state index in [1.807, 2.05) is 25.7 Å². The van der Waals surface area contributed by atoms with Gasteiger partial charge < -0.3 is 19.3 Å². The lowest BCUT2D eigenvalue weighted by atomic mass is 9.94. The first-order valence-electron chi connectivity index (χ1n) is 9.10. The van der Waals surface area contributed by atoms with Gasteiger partial charge in [0.15, 0.2) is 0 Å². The Labute approximate surface area is 145 Å². The molecule has 2 rings (SSSR count). The largest absolute Gasteiger partial charge is 0.376 e. The minimum absolute atomic E-state index is 0.00803.